The lowest BCUT2D eigenvalue weighted by Gasteiger charge is -2.05. The first-order valence-corrected chi connectivity index (χ1v) is 4.95. The predicted molar refractivity (Wildman–Crippen MR) is 60.4 cm³/mol. The summed E-state index contributed by atoms with van der Waals surface area (Å²) in [4.78, 5) is 14.4. The molecule has 0 amide bonds. The molecule has 1 aromatic carbocycles. The van der Waals surface area contributed by atoms with Gasteiger partial charge in [0, 0.05) is 11.8 Å². The van der Waals surface area contributed by atoms with Crippen molar-refractivity contribution in [3.8, 4) is 5.75 Å². The molecule has 0 aliphatic carbocycles. The molecule has 1 heterocycles. The molecule has 0 spiro atoms. The summed E-state index contributed by atoms with van der Waals surface area (Å²) in [6.07, 6.45) is 4.19. The fourth-order valence-corrected chi connectivity index (χ4v) is 1.29. The fourth-order valence-electron chi connectivity index (χ4n) is 1.29. The summed E-state index contributed by atoms with van der Waals surface area (Å²) in [7, 11) is 0. The van der Waals surface area contributed by atoms with Crippen molar-refractivity contribution < 1.29 is 9.53 Å². The average Bonchev–Trinajstić information content (AvgIpc) is 2.38. The Kier molecular flexibility index (Phi) is 3.28. The van der Waals surface area contributed by atoms with Gasteiger partial charge in [-0.25, -0.2) is 0 Å². The lowest BCUT2D eigenvalue weighted by molar-refractivity contribution is 0.112. The first-order chi connectivity index (χ1) is 7.88. The number of aldehydes is 1. The monoisotopic (exact) mass is 213 g/mol. The van der Waals surface area contributed by atoms with E-state index in [1.807, 2.05) is 24.3 Å². The Morgan fingerprint density at radius 2 is 2.00 bits per heavy atom. The summed E-state index contributed by atoms with van der Waals surface area (Å²) in [5, 5.41) is 0. The second kappa shape index (κ2) is 5.07. The van der Waals surface area contributed by atoms with Gasteiger partial charge in [-0.05, 0) is 17.7 Å². The van der Waals surface area contributed by atoms with Crippen LogP contribution in [0, 0.1) is 0 Å². The van der Waals surface area contributed by atoms with Gasteiger partial charge in [0.25, 0.3) is 0 Å². The van der Waals surface area contributed by atoms with E-state index < -0.39 is 0 Å². The van der Waals surface area contributed by atoms with E-state index in [0.29, 0.717) is 12.2 Å². The van der Waals surface area contributed by atoms with Crippen LogP contribution in [-0.4, -0.2) is 11.3 Å². The SMILES string of the molecule is O=Cc1ccc(COc2cccnc2)cc1. The molecule has 3 heteroatoms. The number of carbonyl (C=O) groups is 1. The summed E-state index contributed by atoms with van der Waals surface area (Å²) in [6.45, 7) is 0.477. The smallest absolute Gasteiger partial charge is 0.150 e. The molecule has 0 fully saturated rings. The third kappa shape index (κ3) is 2.67. The first-order valence-electron chi connectivity index (χ1n) is 4.95. The molecule has 2 rings (SSSR count). The van der Waals surface area contributed by atoms with Crippen molar-refractivity contribution in [3.05, 3.63) is 59.9 Å². The average molecular weight is 213 g/mol. The highest BCUT2D eigenvalue weighted by molar-refractivity contribution is 5.74. The molecule has 2 aromatic rings. The van der Waals surface area contributed by atoms with Gasteiger partial charge in [0.2, 0.25) is 0 Å². The van der Waals surface area contributed by atoms with Crippen LogP contribution in [0.15, 0.2) is 48.8 Å². The van der Waals surface area contributed by atoms with Gasteiger partial charge >= 0.3 is 0 Å². The highest BCUT2D eigenvalue weighted by Gasteiger charge is 1.96. The van der Waals surface area contributed by atoms with Crippen LogP contribution in [0.2, 0.25) is 0 Å². The van der Waals surface area contributed by atoms with Crippen LogP contribution in [-0.2, 0) is 6.61 Å². The first kappa shape index (κ1) is 10.4. The Balaban J connectivity index is 1.97. The summed E-state index contributed by atoms with van der Waals surface area (Å²) in [5.41, 5.74) is 1.69. The molecule has 0 atom stereocenters. The molecule has 0 saturated carbocycles. The summed E-state index contributed by atoms with van der Waals surface area (Å²) >= 11 is 0. The van der Waals surface area contributed by atoms with Crippen LogP contribution < -0.4 is 4.74 Å². The van der Waals surface area contributed by atoms with E-state index in [1.54, 1.807) is 24.5 Å². The minimum atomic E-state index is 0.477. The fraction of sp³-hybridized carbons (Fsp3) is 0.0769. The molecule has 0 saturated heterocycles. The second-order valence-electron chi connectivity index (χ2n) is 3.34. The van der Waals surface area contributed by atoms with Crippen LogP contribution in [0.4, 0.5) is 0 Å². The Labute approximate surface area is 93.7 Å². The highest BCUT2D eigenvalue weighted by Crippen LogP contribution is 2.10. The normalized spacial score (nSPS) is 9.75. The molecule has 3 nitrogen and oxygen atoms in total. The van der Waals surface area contributed by atoms with Crippen molar-refractivity contribution in [3.63, 3.8) is 0 Å². The molecule has 16 heavy (non-hydrogen) atoms. The summed E-state index contributed by atoms with van der Waals surface area (Å²) in [5.74, 6) is 0.738. The molecular formula is C13H11NO2. The van der Waals surface area contributed by atoms with Crippen molar-refractivity contribution in [2.45, 2.75) is 6.61 Å². The van der Waals surface area contributed by atoms with E-state index in [0.717, 1.165) is 17.6 Å². The second-order valence-corrected chi connectivity index (χ2v) is 3.34. The largest absolute Gasteiger partial charge is 0.487 e. The Hall–Kier alpha value is -2.16. The predicted octanol–water partition coefficient (Wildman–Crippen LogP) is 2.47. The number of ether oxygens (including phenoxy) is 1. The highest BCUT2D eigenvalue weighted by atomic mass is 16.5. The lowest BCUT2D eigenvalue weighted by Crippen LogP contribution is -1.95. The third-order valence-electron chi connectivity index (χ3n) is 2.16. The quantitative estimate of drug-likeness (QED) is 0.732. The van der Waals surface area contributed by atoms with Gasteiger partial charge in [-0.15, -0.1) is 0 Å². The maximum Gasteiger partial charge on any atom is 0.150 e. The Morgan fingerprint density at radius 1 is 1.19 bits per heavy atom. The zero-order valence-electron chi connectivity index (χ0n) is 8.67. The van der Waals surface area contributed by atoms with Crippen molar-refractivity contribution in [2.75, 3.05) is 0 Å². The molecule has 80 valence electrons. The molecule has 0 unspecified atom stereocenters. The molecule has 0 aliphatic rings. The number of hydrogen-bond acceptors (Lipinski definition) is 3. The van der Waals surface area contributed by atoms with Crippen LogP contribution in [0.5, 0.6) is 5.75 Å². The molecular weight excluding hydrogens is 202 g/mol. The van der Waals surface area contributed by atoms with Gasteiger partial charge in [-0.1, -0.05) is 24.3 Å². The molecule has 0 radical (unpaired) electrons. The number of rotatable bonds is 4. The maximum absolute atomic E-state index is 10.5. The molecule has 0 N–H and O–H groups in total. The molecule has 0 bridgehead atoms. The van der Waals surface area contributed by atoms with E-state index in [-0.39, 0.29) is 0 Å². The van der Waals surface area contributed by atoms with Gasteiger partial charge in [-0.3, -0.25) is 9.78 Å². The van der Waals surface area contributed by atoms with Crippen LogP contribution in [0.1, 0.15) is 15.9 Å². The van der Waals surface area contributed by atoms with E-state index in [2.05, 4.69) is 4.98 Å². The minimum Gasteiger partial charge on any atom is -0.487 e. The van der Waals surface area contributed by atoms with Crippen LogP contribution in [0.25, 0.3) is 0 Å². The number of benzene rings is 1. The number of nitrogens with zero attached hydrogens (tertiary/aromatic N) is 1. The summed E-state index contributed by atoms with van der Waals surface area (Å²) < 4.78 is 5.51. The number of carbonyl (C=O) groups excluding carboxylic acids is 1. The minimum absolute atomic E-state index is 0.477. The van der Waals surface area contributed by atoms with E-state index in [9.17, 15) is 4.79 Å². The summed E-state index contributed by atoms with van der Waals surface area (Å²) in [6, 6.07) is 11.0. The third-order valence-corrected chi connectivity index (χ3v) is 2.16. The Morgan fingerprint density at radius 3 is 2.62 bits per heavy atom. The van der Waals surface area contributed by atoms with Crippen molar-refractivity contribution in [1.82, 2.24) is 4.98 Å². The zero-order valence-corrected chi connectivity index (χ0v) is 8.67. The van der Waals surface area contributed by atoms with Crippen molar-refractivity contribution in [2.24, 2.45) is 0 Å². The number of pyridine rings is 1. The number of aromatic nitrogens is 1. The standard InChI is InChI=1S/C13H11NO2/c15-9-11-3-5-12(6-4-11)10-16-13-2-1-7-14-8-13/h1-9H,10H2. The van der Waals surface area contributed by atoms with Crippen molar-refractivity contribution >= 4 is 6.29 Å². The lowest BCUT2D eigenvalue weighted by atomic mass is 10.2. The van der Waals surface area contributed by atoms with Gasteiger partial charge in [0.05, 0.1) is 6.20 Å². The van der Waals surface area contributed by atoms with Gasteiger partial charge in [-0.2, -0.15) is 0 Å². The molecule has 0 aliphatic heterocycles. The van der Waals surface area contributed by atoms with Crippen LogP contribution >= 0.6 is 0 Å². The van der Waals surface area contributed by atoms with Crippen LogP contribution in [0.3, 0.4) is 0 Å². The van der Waals surface area contributed by atoms with Gasteiger partial charge in [0.1, 0.15) is 18.6 Å². The van der Waals surface area contributed by atoms with Gasteiger partial charge in [0.15, 0.2) is 0 Å². The maximum atomic E-state index is 10.5. The zero-order chi connectivity index (χ0) is 11.2. The Bertz CT molecular complexity index is 451. The number of hydrogen-bond donors (Lipinski definition) is 0. The van der Waals surface area contributed by atoms with Crippen molar-refractivity contribution in [1.29, 1.82) is 0 Å². The molecule has 1 aromatic heterocycles. The van der Waals surface area contributed by atoms with E-state index in [4.69, 9.17) is 4.74 Å². The van der Waals surface area contributed by atoms with E-state index >= 15 is 0 Å². The topological polar surface area (TPSA) is 39.2 Å². The van der Waals surface area contributed by atoms with E-state index in [1.165, 1.54) is 0 Å². The van der Waals surface area contributed by atoms with Gasteiger partial charge < -0.3 is 4.74 Å².